The number of nitrogens with zero attached hydrogens (tertiary/aromatic N) is 1. The van der Waals surface area contributed by atoms with Crippen molar-refractivity contribution < 1.29 is 35.1 Å². The van der Waals surface area contributed by atoms with Crippen LogP contribution in [0.3, 0.4) is 0 Å². The zero-order chi connectivity index (χ0) is 29.6. The van der Waals surface area contributed by atoms with Gasteiger partial charge in [0, 0.05) is 11.4 Å². The summed E-state index contributed by atoms with van der Waals surface area (Å²) < 4.78 is 87.4. The van der Waals surface area contributed by atoms with Crippen LogP contribution in [-0.2, 0) is 24.8 Å². The Morgan fingerprint density at radius 1 is 0.732 bits per heavy atom. The number of ether oxygens (including phenoxy) is 1. The minimum Gasteiger partial charge on any atom is -0.494 e. The summed E-state index contributed by atoms with van der Waals surface area (Å²) >= 11 is 0. The molecule has 0 atom stereocenters. The van der Waals surface area contributed by atoms with Crippen molar-refractivity contribution in [3.8, 4) is 5.75 Å². The monoisotopic (exact) mass is 601 g/mol. The lowest BCUT2D eigenvalue weighted by atomic mass is 10.3. The van der Waals surface area contributed by atoms with Gasteiger partial charge >= 0.3 is 0 Å². The molecule has 214 valence electrons. The van der Waals surface area contributed by atoms with E-state index in [0.29, 0.717) is 12.4 Å². The molecule has 0 aliphatic carbocycles. The molecule has 0 radical (unpaired) electrons. The highest BCUT2D eigenvalue weighted by molar-refractivity contribution is 7.93. The second-order valence-electron chi connectivity index (χ2n) is 8.58. The zero-order valence-corrected chi connectivity index (χ0v) is 23.3. The number of hydrogen-bond acceptors (Lipinski definition) is 6. The standard InChI is InChI=1S/C28H25F2N3O6S2/c1-2-39-25-13-11-24(12-14-25)33(41(37,38)27-15-5-21(30)6-16-27)19-28(34)31-22-9-17-26(18-10-22)40(35,36)32-23-7-3-20(29)4-8-23/h3-18,32H,2,19H2,1H3,(H,31,34). The van der Waals surface area contributed by atoms with Gasteiger partial charge in [0.05, 0.1) is 22.1 Å². The molecule has 0 fully saturated rings. The Kier molecular flexibility index (Phi) is 8.89. The zero-order valence-electron chi connectivity index (χ0n) is 21.6. The molecule has 2 N–H and O–H groups in total. The van der Waals surface area contributed by atoms with Gasteiger partial charge in [-0.3, -0.25) is 13.8 Å². The molecule has 13 heteroatoms. The van der Waals surface area contributed by atoms with Crippen LogP contribution in [0.15, 0.2) is 107 Å². The maximum Gasteiger partial charge on any atom is 0.264 e. The topological polar surface area (TPSA) is 122 Å². The number of halogens is 2. The molecule has 1 amide bonds. The van der Waals surface area contributed by atoms with Gasteiger partial charge in [0.1, 0.15) is 23.9 Å². The Bertz CT molecular complexity index is 1710. The molecule has 41 heavy (non-hydrogen) atoms. The van der Waals surface area contributed by atoms with Crippen LogP contribution in [0.4, 0.5) is 25.8 Å². The molecule has 0 bridgehead atoms. The Morgan fingerprint density at radius 2 is 1.24 bits per heavy atom. The Morgan fingerprint density at radius 3 is 1.80 bits per heavy atom. The van der Waals surface area contributed by atoms with Crippen molar-refractivity contribution in [3.63, 3.8) is 0 Å². The number of hydrogen-bond donors (Lipinski definition) is 2. The van der Waals surface area contributed by atoms with Gasteiger partial charge in [-0.2, -0.15) is 0 Å². The smallest absolute Gasteiger partial charge is 0.264 e. The van der Waals surface area contributed by atoms with E-state index >= 15 is 0 Å². The predicted octanol–water partition coefficient (Wildman–Crippen LogP) is 5.00. The Hall–Kier alpha value is -4.49. The number of rotatable bonds is 11. The van der Waals surface area contributed by atoms with Crippen molar-refractivity contribution in [2.45, 2.75) is 16.7 Å². The average molecular weight is 602 g/mol. The molecule has 0 aromatic heterocycles. The number of anilines is 3. The Balaban J connectivity index is 1.53. The van der Waals surface area contributed by atoms with Crippen molar-refractivity contribution in [3.05, 3.63) is 109 Å². The van der Waals surface area contributed by atoms with E-state index in [0.717, 1.165) is 40.7 Å². The molecule has 0 spiro atoms. The first-order valence-corrected chi connectivity index (χ1v) is 15.1. The van der Waals surface area contributed by atoms with E-state index in [1.807, 2.05) is 0 Å². The molecule has 0 aliphatic heterocycles. The van der Waals surface area contributed by atoms with Crippen molar-refractivity contribution in [1.29, 1.82) is 0 Å². The molecule has 0 unspecified atom stereocenters. The third kappa shape index (κ3) is 7.38. The Labute approximate surface area is 236 Å². The van der Waals surface area contributed by atoms with E-state index in [9.17, 15) is 30.4 Å². The molecular formula is C28H25F2N3O6S2. The van der Waals surface area contributed by atoms with Crippen LogP contribution in [0.2, 0.25) is 0 Å². The summed E-state index contributed by atoms with van der Waals surface area (Å²) in [5, 5.41) is 2.55. The van der Waals surface area contributed by atoms with Crippen molar-refractivity contribution in [2.75, 3.05) is 27.5 Å². The highest BCUT2D eigenvalue weighted by Crippen LogP contribution is 2.26. The summed E-state index contributed by atoms with van der Waals surface area (Å²) in [6.45, 7) is 1.56. The van der Waals surface area contributed by atoms with Crippen LogP contribution >= 0.6 is 0 Å². The number of benzene rings is 4. The maximum atomic E-state index is 13.5. The second kappa shape index (κ2) is 12.4. The summed E-state index contributed by atoms with van der Waals surface area (Å²) in [4.78, 5) is 12.7. The highest BCUT2D eigenvalue weighted by Gasteiger charge is 2.27. The lowest BCUT2D eigenvalue weighted by Crippen LogP contribution is -2.38. The van der Waals surface area contributed by atoms with Crippen molar-refractivity contribution in [1.82, 2.24) is 0 Å². The van der Waals surface area contributed by atoms with E-state index in [1.54, 1.807) is 19.1 Å². The molecule has 4 aromatic rings. The quantitative estimate of drug-likeness (QED) is 0.250. The van der Waals surface area contributed by atoms with Crippen LogP contribution < -0.4 is 19.1 Å². The average Bonchev–Trinajstić information content (AvgIpc) is 2.94. The first kappa shape index (κ1) is 29.5. The van der Waals surface area contributed by atoms with E-state index in [2.05, 4.69) is 10.0 Å². The molecule has 9 nitrogen and oxygen atoms in total. The van der Waals surface area contributed by atoms with Gasteiger partial charge in [0.2, 0.25) is 5.91 Å². The molecule has 4 rings (SSSR count). The van der Waals surface area contributed by atoms with Gasteiger partial charge in [-0.1, -0.05) is 0 Å². The number of nitrogens with one attached hydrogen (secondary N) is 2. The van der Waals surface area contributed by atoms with E-state index in [-0.39, 0.29) is 26.9 Å². The summed E-state index contributed by atoms with van der Waals surface area (Å²) in [5.41, 5.74) is 0.545. The van der Waals surface area contributed by atoms with E-state index in [1.165, 1.54) is 48.5 Å². The third-order valence-electron chi connectivity index (χ3n) is 5.67. The van der Waals surface area contributed by atoms with Crippen LogP contribution in [0, 0.1) is 11.6 Å². The van der Waals surface area contributed by atoms with E-state index in [4.69, 9.17) is 4.74 Å². The number of amides is 1. The van der Waals surface area contributed by atoms with Gasteiger partial charge in [-0.05, 0) is 104 Å². The summed E-state index contributed by atoms with van der Waals surface area (Å²) in [7, 11) is -8.28. The number of sulfonamides is 2. The molecular weight excluding hydrogens is 576 g/mol. The maximum absolute atomic E-state index is 13.5. The lowest BCUT2D eigenvalue weighted by molar-refractivity contribution is -0.114. The minimum atomic E-state index is -4.29. The van der Waals surface area contributed by atoms with Gasteiger partial charge in [-0.25, -0.2) is 25.6 Å². The fourth-order valence-corrected chi connectivity index (χ4v) is 6.18. The van der Waals surface area contributed by atoms with Gasteiger partial charge in [0.25, 0.3) is 20.0 Å². The fourth-order valence-electron chi connectivity index (χ4n) is 3.70. The van der Waals surface area contributed by atoms with Gasteiger partial charge in [-0.15, -0.1) is 0 Å². The van der Waals surface area contributed by atoms with Crippen LogP contribution in [0.25, 0.3) is 0 Å². The largest absolute Gasteiger partial charge is 0.494 e. The first-order chi connectivity index (χ1) is 19.5. The third-order valence-corrected chi connectivity index (χ3v) is 8.85. The molecule has 0 aliphatic rings. The second-order valence-corrected chi connectivity index (χ2v) is 12.1. The van der Waals surface area contributed by atoms with E-state index < -0.39 is 44.1 Å². The molecule has 4 aromatic carbocycles. The predicted molar refractivity (Wildman–Crippen MR) is 151 cm³/mol. The highest BCUT2D eigenvalue weighted by atomic mass is 32.2. The molecule has 0 heterocycles. The number of carbonyl (C=O) groups is 1. The SMILES string of the molecule is CCOc1ccc(N(CC(=O)Nc2ccc(S(=O)(=O)Nc3ccc(F)cc3)cc2)S(=O)(=O)c2ccc(F)cc2)cc1. The molecule has 0 saturated heterocycles. The number of carbonyl (C=O) groups excluding carboxylic acids is 1. The fraction of sp³-hybridized carbons (Fsp3) is 0.107. The van der Waals surface area contributed by atoms with Gasteiger partial charge < -0.3 is 10.1 Å². The normalized spacial score (nSPS) is 11.5. The lowest BCUT2D eigenvalue weighted by Gasteiger charge is -2.24. The summed E-state index contributed by atoms with van der Waals surface area (Å²) in [6.07, 6.45) is 0. The van der Waals surface area contributed by atoms with Crippen molar-refractivity contribution in [2.24, 2.45) is 0 Å². The summed E-state index contributed by atoms with van der Waals surface area (Å²) in [5.74, 6) is -1.35. The van der Waals surface area contributed by atoms with Crippen LogP contribution in [-0.4, -0.2) is 35.9 Å². The van der Waals surface area contributed by atoms with Crippen LogP contribution in [0.1, 0.15) is 6.92 Å². The first-order valence-electron chi connectivity index (χ1n) is 12.2. The van der Waals surface area contributed by atoms with Gasteiger partial charge in [0.15, 0.2) is 0 Å². The van der Waals surface area contributed by atoms with Crippen LogP contribution in [0.5, 0.6) is 5.75 Å². The minimum absolute atomic E-state index is 0.116. The summed E-state index contributed by atoms with van der Waals surface area (Å²) in [6, 6.07) is 20.2. The van der Waals surface area contributed by atoms with Crippen molar-refractivity contribution >= 4 is 43.0 Å². The molecule has 0 saturated carbocycles.